The maximum Gasteiger partial charge on any atom is 0.198 e. The minimum atomic E-state index is -0.0519. The lowest BCUT2D eigenvalue weighted by Crippen LogP contribution is -2.18. The van der Waals surface area contributed by atoms with E-state index in [1.54, 1.807) is 0 Å². The molecule has 0 unspecified atom stereocenters. The Kier molecular flexibility index (Phi) is 4.20. The minimum Gasteiger partial charge on any atom is -0.446 e. The third-order valence-electron chi connectivity index (χ3n) is 2.59. The molecule has 0 spiro atoms. The van der Waals surface area contributed by atoms with Crippen LogP contribution < -0.4 is 5.32 Å². The molecule has 0 saturated heterocycles. The van der Waals surface area contributed by atoms with E-state index < -0.39 is 0 Å². The van der Waals surface area contributed by atoms with Crippen LogP contribution in [0.25, 0.3) is 11.6 Å². The molecular weight excluding hydrogens is 421 g/mol. The quantitative estimate of drug-likeness (QED) is 0.708. The molecule has 2 rings (SSSR count). The van der Waals surface area contributed by atoms with Crippen molar-refractivity contribution in [1.82, 2.24) is 9.97 Å². The third-order valence-corrected chi connectivity index (χ3v) is 4.04. The van der Waals surface area contributed by atoms with Crippen molar-refractivity contribution in [2.45, 2.75) is 26.2 Å². The van der Waals surface area contributed by atoms with Crippen molar-refractivity contribution in [1.29, 1.82) is 0 Å². The van der Waals surface area contributed by atoms with Gasteiger partial charge < -0.3 is 9.73 Å². The maximum atomic E-state index is 5.54. The Hall–Kier alpha value is -0.630. The highest BCUT2D eigenvalue weighted by Gasteiger charge is 2.24. The number of halogens is 2. The van der Waals surface area contributed by atoms with E-state index in [2.05, 4.69) is 74.6 Å². The van der Waals surface area contributed by atoms with Gasteiger partial charge in [-0.25, -0.2) is 9.97 Å². The summed E-state index contributed by atoms with van der Waals surface area (Å²) in [5, 5.41) is 3.11. The number of anilines is 1. The number of hydrogen-bond acceptors (Lipinski definition) is 4. The Morgan fingerprint density at radius 3 is 2.42 bits per heavy atom. The van der Waals surface area contributed by atoms with Crippen LogP contribution in [0.15, 0.2) is 21.2 Å². The average molecular weight is 436 g/mol. The van der Waals surface area contributed by atoms with E-state index >= 15 is 0 Å². The summed E-state index contributed by atoms with van der Waals surface area (Å²) in [7, 11) is 1.86. The van der Waals surface area contributed by atoms with Gasteiger partial charge in [-0.1, -0.05) is 20.8 Å². The summed E-state index contributed by atoms with van der Waals surface area (Å²) in [4.78, 5) is 9.17. The van der Waals surface area contributed by atoms with Crippen LogP contribution in [0.5, 0.6) is 0 Å². The second-order valence-electron chi connectivity index (χ2n) is 5.16. The lowest BCUT2D eigenvalue weighted by molar-refractivity contribution is 0.542. The van der Waals surface area contributed by atoms with Crippen LogP contribution in [0.4, 0.5) is 5.82 Å². The predicted molar refractivity (Wildman–Crippen MR) is 88.4 cm³/mol. The number of hydrogen-bond donors (Lipinski definition) is 1. The molecule has 19 heavy (non-hydrogen) atoms. The second kappa shape index (κ2) is 5.40. The summed E-state index contributed by atoms with van der Waals surface area (Å²) in [6.45, 7) is 6.41. The molecule has 0 aliphatic carbocycles. The van der Waals surface area contributed by atoms with Gasteiger partial charge in [0.1, 0.15) is 5.82 Å². The molecule has 2 heterocycles. The van der Waals surface area contributed by atoms with Gasteiger partial charge in [0.15, 0.2) is 16.3 Å². The van der Waals surface area contributed by atoms with Crippen molar-refractivity contribution in [3.8, 4) is 11.6 Å². The van der Waals surface area contributed by atoms with Crippen molar-refractivity contribution < 1.29 is 4.42 Å². The first-order chi connectivity index (χ1) is 8.82. The lowest BCUT2D eigenvalue weighted by Gasteiger charge is -2.21. The van der Waals surface area contributed by atoms with Gasteiger partial charge in [-0.2, -0.15) is 0 Å². The lowest BCUT2D eigenvalue weighted by atomic mass is 9.92. The van der Waals surface area contributed by atoms with E-state index in [0.717, 1.165) is 15.1 Å². The summed E-state index contributed by atoms with van der Waals surface area (Å²) in [6, 6.07) is 3.70. The van der Waals surface area contributed by atoms with Crippen molar-refractivity contribution in [2.24, 2.45) is 0 Å². The zero-order valence-electron chi connectivity index (χ0n) is 11.2. The van der Waals surface area contributed by atoms with Gasteiger partial charge in [0.25, 0.3) is 0 Å². The summed E-state index contributed by atoms with van der Waals surface area (Å²) in [5.74, 6) is 2.08. The van der Waals surface area contributed by atoms with E-state index in [9.17, 15) is 0 Å². The average Bonchev–Trinajstić information content (AvgIpc) is 2.74. The van der Waals surface area contributed by atoms with Crippen LogP contribution in [0.1, 0.15) is 26.5 Å². The monoisotopic (exact) mass is 435 g/mol. The van der Waals surface area contributed by atoms with Gasteiger partial charge in [0.05, 0.1) is 9.26 Å². The Morgan fingerprint density at radius 2 is 1.95 bits per heavy atom. The molecule has 2 aromatic heterocycles. The minimum absolute atomic E-state index is 0.0519. The van der Waals surface area contributed by atoms with Crippen molar-refractivity contribution in [2.75, 3.05) is 12.4 Å². The Bertz CT molecular complexity index is 604. The molecule has 0 atom stereocenters. The van der Waals surface area contributed by atoms with Crippen LogP contribution in [0.2, 0.25) is 0 Å². The van der Waals surface area contributed by atoms with Gasteiger partial charge in [0, 0.05) is 12.5 Å². The fraction of sp³-hybridized carbons (Fsp3) is 0.385. The molecule has 0 fully saturated rings. The number of furan rings is 1. The SMILES string of the molecule is CNc1nc(-c2ccc(Br)o2)nc(C(C)(C)C)c1I. The molecule has 0 amide bonds. The highest BCUT2D eigenvalue weighted by Crippen LogP contribution is 2.32. The summed E-state index contributed by atoms with van der Waals surface area (Å²) in [6.07, 6.45) is 0. The maximum absolute atomic E-state index is 5.54. The smallest absolute Gasteiger partial charge is 0.198 e. The molecule has 0 aromatic carbocycles. The number of aromatic nitrogens is 2. The molecule has 0 radical (unpaired) electrons. The van der Waals surface area contributed by atoms with Crippen LogP contribution in [-0.2, 0) is 5.41 Å². The highest BCUT2D eigenvalue weighted by molar-refractivity contribution is 14.1. The van der Waals surface area contributed by atoms with Crippen molar-refractivity contribution in [3.05, 3.63) is 26.1 Å². The van der Waals surface area contributed by atoms with Crippen LogP contribution >= 0.6 is 38.5 Å². The van der Waals surface area contributed by atoms with E-state index in [4.69, 9.17) is 4.42 Å². The topological polar surface area (TPSA) is 51.0 Å². The molecule has 6 heteroatoms. The Balaban J connectivity index is 2.64. The van der Waals surface area contributed by atoms with E-state index in [-0.39, 0.29) is 5.41 Å². The molecule has 1 N–H and O–H groups in total. The van der Waals surface area contributed by atoms with Gasteiger partial charge in [-0.05, 0) is 50.7 Å². The molecule has 2 aromatic rings. The molecule has 0 aliphatic rings. The third kappa shape index (κ3) is 3.10. The predicted octanol–water partition coefficient (Wildman–Crippen LogP) is 4.44. The molecule has 0 aliphatic heterocycles. The summed E-state index contributed by atoms with van der Waals surface area (Å²) < 4.78 is 7.26. The van der Waals surface area contributed by atoms with E-state index in [1.165, 1.54) is 0 Å². The van der Waals surface area contributed by atoms with Crippen molar-refractivity contribution >= 4 is 44.3 Å². The zero-order chi connectivity index (χ0) is 14.2. The fourth-order valence-corrected chi connectivity index (χ4v) is 3.28. The van der Waals surface area contributed by atoms with Crippen LogP contribution in [0, 0.1) is 3.57 Å². The summed E-state index contributed by atoms with van der Waals surface area (Å²) >= 11 is 5.58. The van der Waals surface area contributed by atoms with Gasteiger partial charge in [-0.3, -0.25) is 0 Å². The van der Waals surface area contributed by atoms with E-state index in [0.29, 0.717) is 16.3 Å². The van der Waals surface area contributed by atoms with Gasteiger partial charge >= 0.3 is 0 Å². The van der Waals surface area contributed by atoms with E-state index in [1.807, 2.05) is 19.2 Å². The standard InChI is InChI=1S/C13H15BrIN3O/c1-13(2,3)10-9(15)12(16-4)18-11(17-10)7-5-6-8(14)19-7/h5-6H,1-4H3,(H,16,17,18). The molecular formula is C13H15BrIN3O. The first kappa shape index (κ1) is 14.8. The summed E-state index contributed by atoms with van der Waals surface area (Å²) in [5.41, 5.74) is 0.957. The first-order valence-corrected chi connectivity index (χ1v) is 7.71. The number of rotatable bonds is 2. The Morgan fingerprint density at radius 1 is 1.26 bits per heavy atom. The zero-order valence-corrected chi connectivity index (χ0v) is 15.0. The molecule has 102 valence electrons. The second-order valence-corrected chi connectivity index (χ2v) is 7.02. The van der Waals surface area contributed by atoms with Crippen molar-refractivity contribution in [3.63, 3.8) is 0 Å². The van der Waals surface area contributed by atoms with Gasteiger partial charge in [0.2, 0.25) is 0 Å². The fourth-order valence-electron chi connectivity index (χ4n) is 1.65. The normalized spacial score (nSPS) is 11.7. The van der Waals surface area contributed by atoms with Gasteiger partial charge in [-0.15, -0.1) is 0 Å². The molecule has 4 nitrogen and oxygen atoms in total. The highest BCUT2D eigenvalue weighted by atomic mass is 127. The number of nitrogens with zero attached hydrogens (tertiary/aromatic N) is 2. The first-order valence-electron chi connectivity index (χ1n) is 5.84. The molecule has 0 saturated carbocycles. The number of nitrogens with one attached hydrogen (secondary N) is 1. The van der Waals surface area contributed by atoms with Crippen LogP contribution in [0.3, 0.4) is 0 Å². The molecule has 0 bridgehead atoms. The largest absolute Gasteiger partial charge is 0.446 e. The Labute approximate surface area is 134 Å². The van der Waals surface area contributed by atoms with Crippen LogP contribution in [-0.4, -0.2) is 17.0 Å².